The van der Waals surface area contributed by atoms with Crippen LogP contribution in [0.4, 0.5) is 10.1 Å². The first-order chi connectivity index (χ1) is 9.93. The highest BCUT2D eigenvalue weighted by molar-refractivity contribution is 7.91. The zero-order chi connectivity index (χ0) is 15.5. The molecule has 0 saturated carbocycles. The van der Waals surface area contributed by atoms with Crippen LogP contribution in [0.1, 0.15) is 25.3 Å². The number of nitrogens with two attached hydrogens (primary N) is 1. The number of sulfone groups is 1. The Labute approximate surface area is 126 Å². The molecule has 0 bridgehead atoms. The zero-order valence-corrected chi connectivity index (χ0v) is 13.2. The van der Waals surface area contributed by atoms with E-state index in [1.54, 1.807) is 6.07 Å². The predicted octanol–water partition coefficient (Wildman–Crippen LogP) is 1.73. The minimum absolute atomic E-state index is 0.0127. The molecule has 1 aromatic rings. The van der Waals surface area contributed by atoms with Crippen molar-refractivity contribution in [2.24, 2.45) is 5.73 Å². The minimum Gasteiger partial charge on any atom is -0.368 e. The van der Waals surface area contributed by atoms with E-state index < -0.39 is 9.84 Å². The number of hydrogen-bond acceptors (Lipinski definition) is 4. The first-order valence-electron chi connectivity index (χ1n) is 7.41. The highest BCUT2D eigenvalue weighted by Crippen LogP contribution is 2.27. The number of halogens is 1. The number of para-hydroxylation sites is 1. The van der Waals surface area contributed by atoms with E-state index in [1.807, 2.05) is 17.9 Å². The molecule has 1 aliphatic rings. The van der Waals surface area contributed by atoms with Crippen LogP contribution in [-0.4, -0.2) is 39.1 Å². The lowest BCUT2D eigenvalue weighted by Crippen LogP contribution is -2.30. The van der Waals surface area contributed by atoms with Gasteiger partial charge in [0.15, 0.2) is 9.84 Å². The summed E-state index contributed by atoms with van der Waals surface area (Å²) < 4.78 is 37.7. The van der Waals surface area contributed by atoms with Crippen molar-refractivity contribution >= 4 is 15.5 Å². The van der Waals surface area contributed by atoms with E-state index >= 15 is 0 Å². The average Bonchev–Trinajstić information content (AvgIpc) is 2.60. The van der Waals surface area contributed by atoms with Gasteiger partial charge in [-0.05, 0) is 30.9 Å². The fraction of sp³-hybridized carbons (Fsp3) is 0.600. The molecule has 118 valence electrons. The first-order valence-corrected chi connectivity index (χ1v) is 9.23. The molecule has 1 unspecified atom stereocenters. The Hall–Kier alpha value is -1.14. The number of rotatable bonds is 4. The van der Waals surface area contributed by atoms with Crippen LogP contribution in [0.5, 0.6) is 0 Å². The average molecular weight is 314 g/mol. The summed E-state index contributed by atoms with van der Waals surface area (Å²) in [6.07, 6.45) is 1.97. The van der Waals surface area contributed by atoms with Crippen molar-refractivity contribution in [3.05, 3.63) is 29.6 Å². The van der Waals surface area contributed by atoms with Gasteiger partial charge in [0.1, 0.15) is 5.82 Å². The standard InChI is InChI=1S/C15H23FN2O2S/c1-2-13(17)11-12-5-3-6-14(16)15(12)18-7-4-9-21(19,20)10-8-18/h3,5-6,13H,2,4,7-11,17H2,1H3. The summed E-state index contributed by atoms with van der Waals surface area (Å²) in [5.74, 6) is -0.0300. The number of nitrogens with zero attached hydrogens (tertiary/aromatic N) is 1. The van der Waals surface area contributed by atoms with E-state index in [1.165, 1.54) is 6.07 Å². The molecule has 1 aromatic carbocycles. The van der Waals surface area contributed by atoms with E-state index in [-0.39, 0.29) is 23.4 Å². The van der Waals surface area contributed by atoms with Gasteiger partial charge < -0.3 is 10.6 Å². The maximum Gasteiger partial charge on any atom is 0.152 e. The van der Waals surface area contributed by atoms with Crippen molar-refractivity contribution in [1.82, 2.24) is 0 Å². The third kappa shape index (κ3) is 4.17. The van der Waals surface area contributed by atoms with E-state index in [2.05, 4.69) is 0 Å². The molecular weight excluding hydrogens is 291 g/mol. The van der Waals surface area contributed by atoms with Gasteiger partial charge in [-0.25, -0.2) is 12.8 Å². The Bertz CT molecular complexity index is 589. The summed E-state index contributed by atoms with van der Waals surface area (Å²) in [6, 6.07) is 4.98. The molecule has 0 aliphatic carbocycles. The van der Waals surface area contributed by atoms with Gasteiger partial charge in [-0.3, -0.25) is 0 Å². The maximum atomic E-state index is 14.3. The third-order valence-electron chi connectivity index (χ3n) is 3.95. The molecule has 1 fully saturated rings. The molecule has 0 radical (unpaired) electrons. The molecule has 0 aromatic heterocycles. The second kappa shape index (κ2) is 6.75. The predicted molar refractivity (Wildman–Crippen MR) is 83.9 cm³/mol. The van der Waals surface area contributed by atoms with Crippen LogP contribution in [0.3, 0.4) is 0 Å². The lowest BCUT2D eigenvalue weighted by atomic mass is 10.0. The van der Waals surface area contributed by atoms with Gasteiger partial charge in [-0.2, -0.15) is 0 Å². The van der Waals surface area contributed by atoms with Gasteiger partial charge in [0.05, 0.1) is 17.2 Å². The summed E-state index contributed by atoms with van der Waals surface area (Å²) in [5.41, 5.74) is 7.38. The molecule has 0 amide bonds. The van der Waals surface area contributed by atoms with Crippen molar-refractivity contribution in [3.8, 4) is 0 Å². The van der Waals surface area contributed by atoms with Crippen LogP contribution in [0.2, 0.25) is 0 Å². The normalized spacial score (nSPS) is 20.0. The highest BCUT2D eigenvalue weighted by atomic mass is 32.2. The van der Waals surface area contributed by atoms with Crippen molar-refractivity contribution in [3.63, 3.8) is 0 Å². The van der Waals surface area contributed by atoms with Gasteiger partial charge in [0.2, 0.25) is 0 Å². The summed E-state index contributed by atoms with van der Waals surface area (Å²) in [4.78, 5) is 1.86. The molecule has 1 atom stereocenters. The van der Waals surface area contributed by atoms with Crippen LogP contribution in [-0.2, 0) is 16.3 Å². The van der Waals surface area contributed by atoms with Crippen LogP contribution in [0, 0.1) is 5.82 Å². The number of anilines is 1. The van der Waals surface area contributed by atoms with Crippen molar-refractivity contribution in [1.29, 1.82) is 0 Å². The topological polar surface area (TPSA) is 63.4 Å². The summed E-state index contributed by atoms with van der Waals surface area (Å²) >= 11 is 0. The summed E-state index contributed by atoms with van der Waals surface area (Å²) in [6.45, 7) is 2.91. The van der Waals surface area contributed by atoms with Crippen LogP contribution in [0.25, 0.3) is 0 Å². The fourth-order valence-electron chi connectivity index (χ4n) is 2.67. The quantitative estimate of drug-likeness (QED) is 0.919. The smallest absolute Gasteiger partial charge is 0.152 e. The van der Waals surface area contributed by atoms with Crippen molar-refractivity contribution in [2.45, 2.75) is 32.2 Å². The molecule has 1 aliphatic heterocycles. The fourth-order valence-corrected chi connectivity index (χ4v) is 3.94. The Morgan fingerprint density at radius 2 is 2.10 bits per heavy atom. The van der Waals surface area contributed by atoms with E-state index in [0.717, 1.165) is 12.0 Å². The lowest BCUT2D eigenvalue weighted by molar-refractivity contribution is 0.596. The monoisotopic (exact) mass is 314 g/mol. The number of hydrogen-bond donors (Lipinski definition) is 1. The molecule has 1 saturated heterocycles. The van der Waals surface area contributed by atoms with E-state index in [0.29, 0.717) is 31.6 Å². The van der Waals surface area contributed by atoms with Gasteiger partial charge in [-0.1, -0.05) is 19.1 Å². The zero-order valence-electron chi connectivity index (χ0n) is 12.4. The number of benzene rings is 1. The van der Waals surface area contributed by atoms with E-state index in [9.17, 15) is 12.8 Å². The van der Waals surface area contributed by atoms with Crippen molar-refractivity contribution in [2.75, 3.05) is 29.5 Å². The highest BCUT2D eigenvalue weighted by Gasteiger charge is 2.23. The van der Waals surface area contributed by atoms with Crippen LogP contribution in [0.15, 0.2) is 18.2 Å². The molecule has 21 heavy (non-hydrogen) atoms. The summed E-state index contributed by atoms with van der Waals surface area (Å²) in [7, 11) is -3.00. The largest absolute Gasteiger partial charge is 0.368 e. The van der Waals surface area contributed by atoms with Gasteiger partial charge in [-0.15, -0.1) is 0 Å². The van der Waals surface area contributed by atoms with Crippen LogP contribution >= 0.6 is 0 Å². The molecule has 2 rings (SSSR count). The maximum absolute atomic E-state index is 14.3. The van der Waals surface area contributed by atoms with Crippen LogP contribution < -0.4 is 10.6 Å². The van der Waals surface area contributed by atoms with Crippen molar-refractivity contribution < 1.29 is 12.8 Å². The second-order valence-corrected chi connectivity index (χ2v) is 7.92. The second-order valence-electron chi connectivity index (χ2n) is 5.61. The van der Waals surface area contributed by atoms with Gasteiger partial charge in [0.25, 0.3) is 0 Å². The Balaban J connectivity index is 2.29. The first kappa shape index (κ1) is 16.2. The molecule has 4 nitrogen and oxygen atoms in total. The molecular formula is C15H23FN2O2S. The molecule has 1 heterocycles. The summed E-state index contributed by atoms with van der Waals surface area (Å²) in [5, 5.41) is 0. The van der Waals surface area contributed by atoms with Gasteiger partial charge in [0, 0.05) is 19.1 Å². The Morgan fingerprint density at radius 3 is 2.81 bits per heavy atom. The minimum atomic E-state index is -3.00. The Kier molecular flexibility index (Phi) is 5.22. The molecule has 6 heteroatoms. The Morgan fingerprint density at radius 1 is 1.33 bits per heavy atom. The SMILES string of the molecule is CCC(N)Cc1cccc(F)c1N1CCCS(=O)(=O)CC1. The lowest BCUT2D eigenvalue weighted by Gasteiger charge is -2.26. The van der Waals surface area contributed by atoms with E-state index in [4.69, 9.17) is 5.73 Å². The van der Waals surface area contributed by atoms with Gasteiger partial charge >= 0.3 is 0 Å². The molecule has 2 N–H and O–H groups in total. The third-order valence-corrected chi connectivity index (χ3v) is 5.66. The molecule has 0 spiro atoms.